The molecule has 5 rings (SSSR count). The second-order valence-electron chi connectivity index (χ2n) is 8.54. The Morgan fingerprint density at radius 3 is 2.33 bits per heavy atom. The molecule has 4 saturated carbocycles. The number of nitro benzene ring substituents is 1. The lowest BCUT2D eigenvalue weighted by Crippen LogP contribution is -2.61. The minimum Gasteiger partial charge on any atom is -0.496 e. The predicted octanol–water partition coefficient (Wildman–Crippen LogP) is 3.46. The van der Waals surface area contributed by atoms with Crippen LogP contribution in [0.25, 0.3) is 0 Å². The van der Waals surface area contributed by atoms with Gasteiger partial charge in [0, 0.05) is 5.54 Å². The number of hydrogen-bond donors (Lipinski definition) is 1. The van der Waals surface area contributed by atoms with Gasteiger partial charge in [0.2, 0.25) is 0 Å². The molecule has 1 amide bonds. The summed E-state index contributed by atoms with van der Waals surface area (Å²) in [5.41, 5.74) is -0.307. The molecule has 146 valence electrons. The van der Waals surface area contributed by atoms with E-state index in [4.69, 9.17) is 9.47 Å². The van der Waals surface area contributed by atoms with Crippen molar-refractivity contribution in [1.29, 1.82) is 0 Å². The van der Waals surface area contributed by atoms with Gasteiger partial charge in [0.1, 0.15) is 5.75 Å². The zero-order chi connectivity index (χ0) is 19.2. The van der Waals surface area contributed by atoms with Crippen LogP contribution in [0.15, 0.2) is 18.2 Å². The summed E-state index contributed by atoms with van der Waals surface area (Å²) in [7, 11) is 1.45. The van der Waals surface area contributed by atoms with Crippen LogP contribution in [-0.2, 0) is 4.79 Å². The van der Waals surface area contributed by atoms with Crippen LogP contribution in [0.4, 0.5) is 5.69 Å². The lowest BCUT2D eigenvalue weighted by atomic mass is 9.53. The summed E-state index contributed by atoms with van der Waals surface area (Å²) in [6, 6.07) is 4.37. The first kappa shape index (κ1) is 18.1. The third-order valence-electron chi connectivity index (χ3n) is 6.46. The standard InChI is InChI=1S/C20H26N2O5/c1-12(27-18-4-3-16(26-2)8-17(18)22(24)25)19(23)21-20-9-13-5-14(10-20)7-15(6-13)11-20/h3-4,8,12-15H,5-7,9-11H2,1-2H3,(H,21,23). The van der Waals surface area contributed by atoms with E-state index in [1.165, 1.54) is 38.5 Å². The van der Waals surface area contributed by atoms with E-state index in [2.05, 4.69) is 5.32 Å². The van der Waals surface area contributed by atoms with Gasteiger partial charge in [-0.1, -0.05) is 0 Å². The highest BCUT2D eigenvalue weighted by Crippen LogP contribution is 2.55. The third-order valence-corrected chi connectivity index (χ3v) is 6.46. The van der Waals surface area contributed by atoms with Gasteiger partial charge >= 0.3 is 5.69 Å². The fraction of sp³-hybridized carbons (Fsp3) is 0.650. The van der Waals surface area contributed by atoms with Crippen LogP contribution >= 0.6 is 0 Å². The summed E-state index contributed by atoms with van der Waals surface area (Å²) < 4.78 is 10.7. The first-order valence-corrected chi connectivity index (χ1v) is 9.68. The summed E-state index contributed by atoms with van der Waals surface area (Å²) in [5, 5.41) is 14.6. The number of nitro groups is 1. The van der Waals surface area contributed by atoms with E-state index in [1.807, 2.05) is 0 Å². The number of rotatable bonds is 6. The number of carbonyl (C=O) groups is 1. The largest absolute Gasteiger partial charge is 0.496 e. The van der Waals surface area contributed by atoms with Crippen LogP contribution < -0.4 is 14.8 Å². The molecule has 0 aromatic heterocycles. The quantitative estimate of drug-likeness (QED) is 0.608. The summed E-state index contributed by atoms with van der Waals surface area (Å²) >= 11 is 0. The highest BCUT2D eigenvalue weighted by molar-refractivity contribution is 5.81. The minimum absolute atomic E-state index is 0.0777. The highest BCUT2D eigenvalue weighted by Gasteiger charge is 2.51. The molecule has 1 unspecified atom stereocenters. The average molecular weight is 374 g/mol. The van der Waals surface area contributed by atoms with Crippen LogP contribution in [0, 0.1) is 27.9 Å². The lowest BCUT2D eigenvalue weighted by molar-refractivity contribution is -0.386. The first-order chi connectivity index (χ1) is 12.9. The SMILES string of the molecule is COc1ccc(OC(C)C(=O)NC23CC4CC(CC(C4)C2)C3)c([N+](=O)[O-])c1. The van der Waals surface area contributed by atoms with E-state index in [-0.39, 0.29) is 22.9 Å². The summed E-state index contributed by atoms with van der Waals surface area (Å²) in [5.74, 6) is 2.46. The Morgan fingerprint density at radius 2 is 1.81 bits per heavy atom. The molecular formula is C20H26N2O5. The Kier molecular flexibility index (Phi) is 4.48. The Hall–Kier alpha value is -2.31. The minimum atomic E-state index is -0.801. The molecule has 1 N–H and O–H groups in total. The smallest absolute Gasteiger partial charge is 0.314 e. The second-order valence-corrected chi connectivity index (χ2v) is 8.54. The molecule has 1 aromatic rings. The van der Waals surface area contributed by atoms with E-state index < -0.39 is 11.0 Å². The average Bonchev–Trinajstić information content (AvgIpc) is 2.60. The number of nitrogens with zero attached hydrogens (tertiary/aromatic N) is 1. The van der Waals surface area contributed by atoms with Crippen LogP contribution in [0.5, 0.6) is 11.5 Å². The number of benzene rings is 1. The zero-order valence-electron chi connectivity index (χ0n) is 15.8. The van der Waals surface area contributed by atoms with Gasteiger partial charge in [-0.2, -0.15) is 0 Å². The van der Waals surface area contributed by atoms with Crippen molar-refractivity contribution in [3.63, 3.8) is 0 Å². The molecule has 0 radical (unpaired) electrons. The number of hydrogen-bond acceptors (Lipinski definition) is 5. The van der Waals surface area contributed by atoms with Crippen LogP contribution in [0.3, 0.4) is 0 Å². The Bertz CT molecular complexity index is 727. The van der Waals surface area contributed by atoms with Crippen LogP contribution in [-0.4, -0.2) is 29.6 Å². The molecule has 1 aromatic carbocycles. The van der Waals surface area contributed by atoms with Crippen LogP contribution in [0.1, 0.15) is 45.4 Å². The zero-order valence-corrected chi connectivity index (χ0v) is 15.8. The van der Waals surface area contributed by atoms with Gasteiger partial charge in [0.25, 0.3) is 5.91 Å². The van der Waals surface area contributed by atoms with Crippen molar-refractivity contribution in [3.05, 3.63) is 28.3 Å². The van der Waals surface area contributed by atoms with Crippen LogP contribution in [0.2, 0.25) is 0 Å². The predicted molar refractivity (Wildman–Crippen MR) is 98.8 cm³/mol. The van der Waals surface area contributed by atoms with Gasteiger partial charge in [0.15, 0.2) is 11.9 Å². The number of nitrogens with one attached hydrogen (secondary N) is 1. The fourth-order valence-corrected chi connectivity index (χ4v) is 5.74. The van der Waals surface area contributed by atoms with Gasteiger partial charge in [-0.05, 0) is 75.3 Å². The molecule has 27 heavy (non-hydrogen) atoms. The molecular weight excluding hydrogens is 348 g/mol. The van der Waals surface area contributed by atoms with Gasteiger partial charge in [-0.15, -0.1) is 0 Å². The summed E-state index contributed by atoms with van der Waals surface area (Å²) in [6.07, 6.45) is 6.28. The van der Waals surface area contributed by atoms with Gasteiger partial charge in [-0.25, -0.2) is 0 Å². The topological polar surface area (TPSA) is 90.7 Å². The van der Waals surface area contributed by atoms with E-state index in [1.54, 1.807) is 13.0 Å². The maximum absolute atomic E-state index is 12.8. The molecule has 0 heterocycles. The molecule has 4 bridgehead atoms. The molecule has 7 nitrogen and oxygen atoms in total. The third kappa shape index (κ3) is 3.47. The van der Waals surface area contributed by atoms with Crippen molar-refractivity contribution >= 4 is 11.6 Å². The molecule has 7 heteroatoms. The van der Waals surface area contributed by atoms with Crippen molar-refractivity contribution < 1.29 is 19.2 Å². The van der Waals surface area contributed by atoms with E-state index in [0.717, 1.165) is 37.0 Å². The Balaban J connectivity index is 1.45. The fourth-order valence-electron chi connectivity index (χ4n) is 5.74. The number of amides is 1. The number of methoxy groups -OCH3 is 1. The summed E-state index contributed by atoms with van der Waals surface area (Å²) in [6.45, 7) is 1.64. The van der Waals surface area contributed by atoms with Crippen molar-refractivity contribution in [3.8, 4) is 11.5 Å². The normalized spacial score (nSPS) is 32.0. The van der Waals surface area contributed by atoms with Crippen molar-refractivity contribution in [2.75, 3.05) is 7.11 Å². The van der Waals surface area contributed by atoms with E-state index in [9.17, 15) is 14.9 Å². The lowest BCUT2D eigenvalue weighted by Gasteiger charge is -2.57. The van der Waals surface area contributed by atoms with Crippen molar-refractivity contribution in [2.24, 2.45) is 17.8 Å². The number of carbonyl (C=O) groups excluding carboxylic acids is 1. The maximum Gasteiger partial charge on any atom is 0.314 e. The summed E-state index contributed by atoms with van der Waals surface area (Å²) in [4.78, 5) is 23.6. The molecule has 4 aliphatic carbocycles. The first-order valence-electron chi connectivity index (χ1n) is 9.68. The molecule has 4 fully saturated rings. The van der Waals surface area contributed by atoms with Gasteiger partial charge < -0.3 is 14.8 Å². The molecule has 0 saturated heterocycles. The van der Waals surface area contributed by atoms with Crippen molar-refractivity contribution in [1.82, 2.24) is 5.32 Å². The van der Waals surface area contributed by atoms with Gasteiger partial charge in [-0.3, -0.25) is 14.9 Å². The highest BCUT2D eigenvalue weighted by atomic mass is 16.6. The Morgan fingerprint density at radius 1 is 1.22 bits per heavy atom. The van der Waals surface area contributed by atoms with Crippen molar-refractivity contribution in [2.45, 2.75) is 57.1 Å². The molecule has 4 aliphatic rings. The van der Waals surface area contributed by atoms with E-state index >= 15 is 0 Å². The Labute approximate surface area is 158 Å². The monoisotopic (exact) mass is 374 g/mol. The van der Waals surface area contributed by atoms with E-state index in [0.29, 0.717) is 5.75 Å². The van der Waals surface area contributed by atoms with Gasteiger partial charge in [0.05, 0.1) is 18.1 Å². The number of ether oxygens (including phenoxy) is 2. The second kappa shape index (κ2) is 6.69. The molecule has 0 spiro atoms. The maximum atomic E-state index is 12.8. The molecule has 0 aliphatic heterocycles. The molecule has 1 atom stereocenters.